The van der Waals surface area contributed by atoms with Gasteiger partial charge in [-0.2, -0.15) is 0 Å². The minimum atomic E-state index is -4.21. The lowest BCUT2D eigenvalue weighted by molar-refractivity contribution is -0.139. The van der Waals surface area contributed by atoms with Gasteiger partial charge in [-0.15, -0.1) is 0 Å². The molecule has 0 spiro atoms. The second-order valence-corrected chi connectivity index (χ2v) is 13.2. The second-order valence-electron chi connectivity index (χ2n) is 10.5. The van der Waals surface area contributed by atoms with Gasteiger partial charge in [0.05, 0.1) is 27.2 Å². The molecule has 3 aromatic carbocycles. The molecule has 0 radical (unpaired) electrons. The third-order valence-corrected chi connectivity index (χ3v) is 10.0. The van der Waals surface area contributed by atoms with Crippen molar-refractivity contribution in [2.75, 3.05) is 17.5 Å². The monoisotopic (exact) mass is 645 g/mol. The number of carbonyl (C=O) groups excluding carboxylic acids is 2. The summed E-state index contributed by atoms with van der Waals surface area (Å²) < 4.78 is 34.9. The topological polar surface area (TPSA) is 96.0 Å². The molecule has 1 atom stereocenters. The lowest BCUT2D eigenvalue weighted by atomic mass is 9.95. The standard InChI is InChI=1S/C32H37Cl2N3O5S/c1-3-42-30-17-11-10-16-29(30)37(43(40,41)26-14-8-5-9-15-26)22-31(38)36(21-24-18-19-27(33)28(34)20-24)23(2)32(39)35-25-12-6-4-7-13-25/h5,8-11,14-20,23,25H,3-4,6-7,12-13,21-22H2,1-2H3,(H,35,39)/t23-/m1/s1. The first-order valence-electron chi connectivity index (χ1n) is 14.4. The van der Waals surface area contributed by atoms with Crippen LogP contribution in [0.2, 0.25) is 10.0 Å². The number of anilines is 1. The molecule has 0 heterocycles. The Kier molecular flexibility index (Phi) is 11.3. The summed E-state index contributed by atoms with van der Waals surface area (Å²) in [6.07, 6.45) is 4.99. The summed E-state index contributed by atoms with van der Waals surface area (Å²) in [6.45, 7) is 3.19. The highest BCUT2D eigenvalue weighted by molar-refractivity contribution is 7.92. The van der Waals surface area contributed by atoms with Crippen molar-refractivity contribution in [3.63, 3.8) is 0 Å². The average molecular weight is 647 g/mol. The maximum atomic E-state index is 14.2. The van der Waals surface area contributed by atoms with Crippen LogP contribution in [0.3, 0.4) is 0 Å². The van der Waals surface area contributed by atoms with E-state index in [0.717, 1.165) is 36.4 Å². The molecule has 0 saturated heterocycles. The highest BCUT2D eigenvalue weighted by Gasteiger charge is 2.34. The van der Waals surface area contributed by atoms with E-state index in [2.05, 4.69) is 5.32 Å². The van der Waals surface area contributed by atoms with Crippen LogP contribution in [-0.2, 0) is 26.2 Å². The van der Waals surface area contributed by atoms with Crippen LogP contribution in [0.1, 0.15) is 51.5 Å². The van der Waals surface area contributed by atoms with Gasteiger partial charge in [-0.05, 0) is 68.7 Å². The van der Waals surface area contributed by atoms with Crippen LogP contribution in [0.5, 0.6) is 5.75 Å². The summed E-state index contributed by atoms with van der Waals surface area (Å²) in [5.74, 6) is -0.549. The van der Waals surface area contributed by atoms with Gasteiger partial charge in [0, 0.05) is 12.6 Å². The lowest BCUT2D eigenvalue weighted by Gasteiger charge is -2.33. The Hall–Kier alpha value is -3.27. The molecule has 1 aliphatic carbocycles. The second kappa shape index (κ2) is 14.9. The molecule has 1 fully saturated rings. The summed E-state index contributed by atoms with van der Waals surface area (Å²) in [4.78, 5) is 29.1. The SMILES string of the molecule is CCOc1ccccc1N(CC(=O)N(Cc1ccc(Cl)c(Cl)c1)[C@H](C)C(=O)NC1CCCCC1)S(=O)(=O)c1ccccc1. The van der Waals surface area contributed by atoms with Gasteiger partial charge in [0.15, 0.2) is 0 Å². The third kappa shape index (κ3) is 8.22. The summed E-state index contributed by atoms with van der Waals surface area (Å²) in [5, 5.41) is 3.77. The molecule has 0 bridgehead atoms. The van der Waals surface area contributed by atoms with E-state index in [1.54, 1.807) is 74.5 Å². The third-order valence-electron chi connectivity index (χ3n) is 7.50. The summed E-state index contributed by atoms with van der Waals surface area (Å²) in [6, 6.07) is 18.7. The molecule has 0 unspecified atom stereocenters. The lowest BCUT2D eigenvalue weighted by Crippen LogP contribution is -2.53. The number of halogens is 2. The fourth-order valence-corrected chi connectivity index (χ4v) is 6.93. The Morgan fingerprint density at radius 1 is 0.953 bits per heavy atom. The van der Waals surface area contributed by atoms with Crippen LogP contribution in [0, 0.1) is 0 Å². The van der Waals surface area contributed by atoms with Crippen LogP contribution in [0.4, 0.5) is 5.69 Å². The molecule has 230 valence electrons. The molecule has 1 saturated carbocycles. The Balaban J connectivity index is 1.72. The first kappa shape index (κ1) is 32.6. The van der Waals surface area contributed by atoms with E-state index in [1.165, 1.54) is 17.0 Å². The fraction of sp³-hybridized carbons (Fsp3) is 0.375. The summed E-state index contributed by atoms with van der Waals surface area (Å²) in [7, 11) is -4.21. The minimum absolute atomic E-state index is 0.0152. The Morgan fingerprint density at radius 3 is 2.30 bits per heavy atom. The minimum Gasteiger partial charge on any atom is -0.492 e. The molecule has 43 heavy (non-hydrogen) atoms. The quantitative estimate of drug-likeness (QED) is 0.244. The molecule has 8 nitrogen and oxygen atoms in total. The van der Waals surface area contributed by atoms with Gasteiger partial charge in [-0.25, -0.2) is 8.42 Å². The molecule has 11 heteroatoms. The van der Waals surface area contributed by atoms with Crippen molar-refractivity contribution >= 4 is 50.7 Å². The van der Waals surface area contributed by atoms with Gasteiger partial charge in [0.25, 0.3) is 10.0 Å². The van der Waals surface area contributed by atoms with Crippen molar-refractivity contribution in [3.05, 3.63) is 88.4 Å². The number of ether oxygens (including phenoxy) is 1. The van der Waals surface area contributed by atoms with E-state index in [-0.39, 0.29) is 29.1 Å². The number of benzene rings is 3. The molecular weight excluding hydrogens is 609 g/mol. The van der Waals surface area contributed by atoms with Gasteiger partial charge in [0.2, 0.25) is 11.8 Å². The predicted molar refractivity (Wildman–Crippen MR) is 170 cm³/mol. The zero-order chi connectivity index (χ0) is 31.0. The molecule has 3 aromatic rings. The van der Waals surface area contributed by atoms with Gasteiger partial charge < -0.3 is 15.0 Å². The van der Waals surface area contributed by atoms with Crippen LogP contribution in [0.25, 0.3) is 0 Å². The number of nitrogens with one attached hydrogen (secondary N) is 1. The number of sulfonamides is 1. The van der Waals surface area contributed by atoms with Crippen molar-refractivity contribution in [2.45, 2.75) is 69.5 Å². The maximum Gasteiger partial charge on any atom is 0.264 e. The van der Waals surface area contributed by atoms with Crippen molar-refractivity contribution in [3.8, 4) is 5.75 Å². The highest BCUT2D eigenvalue weighted by atomic mass is 35.5. The van der Waals surface area contributed by atoms with Gasteiger partial charge in [-0.1, -0.05) is 78.9 Å². The molecule has 0 aromatic heterocycles. The number of nitrogens with zero attached hydrogens (tertiary/aromatic N) is 2. The molecule has 0 aliphatic heterocycles. The van der Waals surface area contributed by atoms with Crippen LogP contribution < -0.4 is 14.4 Å². The zero-order valence-electron chi connectivity index (χ0n) is 24.3. The number of amides is 2. The molecular formula is C32H37Cl2N3O5S. The van der Waals surface area contributed by atoms with Crippen LogP contribution in [-0.4, -0.2) is 50.4 Å². The Bertz CT molecular complexity index is 1510. The molecule has 1 aliphatic rings. The zero-order valence-corrected chi connectivity index (χ0v) is 26.7. The number of hydrogen-bond acceptors (Lipinski definition) is 5. The number of hydrogen-bond donors (Lipinski definition) is 1. The van der Waals surface area contributed by atoms with E-state index in [4.69, 9.17) is 27.9 Å². The smallest absolute Gasteiger partial charge is 0.264 e. The van der Waals surface area contributed by atoms with Crippen molar-refractivity contribution in [1.29, 1.82) is 0 Å². The normalized spacial score (nSPS) is 14.5. The first-order valence-corrected chi connectivity index (χ1v) is 16.6. The average Bonchev–Trinajstić information content (AvgIpc) is 3.01. The number of para-hydroxylation sites is 2. The molecule has 1 N–H and O–H groups in total. The fourth-order valence-electron chi connectivity index (χ4n) is 5.16. The van der Waals surface area contributed by atoms with Crippen LogP contribution >= 0.6 is 23.2 Å². The van der Waals surface area contributed by atoms with Crippen molar-refractivity contribution in [1.82, 2.24) is 10.2 Å². The predicted octanol–water partition coefficient (Wildman–Crippen LogP) is 6.45. The van der Waals surface area contributed by atoms with E-state index in [9.17, 15) is 18.0 Å². The number of rotatable bonds is 12. The molecule has 2 amide bonds. The summed E-state index contributed by atoms with van der Waals surface area (Å²) in [5.41, 5.74) is 0.864. The van der Waals surface area contributed by atoms with Gasteiger partial charge in [0.1, 0.15) is 18.3 Å². The first-order chi connectivity index (χ1) is 20.6. The van der Waals surface area contributed by atoms with Crippen molar-refractivity contribution < 1.29 is 22.7 Å². The number of carbonyl (C=O) groups is 2. The van der Waals surface area contributed by atoms with E-state index < -0.39 is 28.5 Å². The maximum absolute atomic E-state index is 14.2. The van der Waals surface area contributed by atoms with Gasteiger partial charge in [-0.3, -0.25) is 13.9 Å². The highest BCUT2D eigenvalue weighted by Crippen LogP contribution is 2.33. The van der Waals surface area contributed by atoms with Gasteiger partial charge >= 0.3 is 0 Å². The van der Waals surface area contributed by atoms with E-state index >= 15 is 0 Å². The largest absolute Gasteiger partial charge is 0.492 e. The van der Waals surface area contributed by atoms with E-state index in [0.29, 0.717) is 28.0 Å². The molecule has 4 rings (SSSR count). The van der Waals surface area contributed by atoms with Crippen LogP contribution in [0.15, 0.2) is 77.7 Å². The van der Waals surface area contributed by atoms with Crippen molar-refractivity contribution in [2.24, 2.45) is 0 Å². The summed E-state index contributed by atoms with van der Waals surface area (Å²) >= 11 is 12.4. The van der Waals surface area contributed by atoms with E-state index in [1.807, 2.05) is 0 Å². The Morgan fingerprint density at radius 2 is 1.63 bits per heavy atom. The Labute approximate surface area is 264 Å².